The van der Waals surface area contributed by atoms with Gasteiger partial charge in [-0.2, -0.15) is 26.9 Å². The molecule has 0 spiro atoms. The van der Waals surface area contributed by atoms with Crippen molar-refractivity contribution >= 4 is 17.4 Å². The molecule has 0 bridgehead atoms. The number of carbonyl (C=O) groups is 1. The molecule has 4 rings (SSSR count). The fourth-order valence-corrected chi connectivity index (χ4v) is 3.66. The van der Waals surface area contributed by atoms with Gasteiger partial charge < -0.3 is 15.2 Å². The Labute approximate surface area is 214 Å². The van der Waals surface area contributed by atoms with Crippen LogP contribution in [-0.2, 0) is 11.3 Å². The molecule has 2 N–H and O–H groups in total. The molecule has 1 amide bonds. The summed E-state index contributed by atoms with van der Waals surface area (Å²) in [6, 6.07) is 14.6. The lowest BCUT2D eigenvalue weighted by Crippen LogP contribution is -2.47. The Morgan fingerprint density at radius 2 is 1.66 bits per heavy atom. The van der Waals surface area contributed by atoms with Crippen molar-refractivity contribution < 1.29 is 31.3 Å². The van der Waals surface area contributed by atoms with Gasteiger partial charge in [0.05, 0.1) is 5.69 Å². The summed E-state index contributed by atoms with van der Waals surface area (Å²) in [5.41, 5.74) is 4.35. The summed E-state index contributed by atoms with van der Waals surface area (Å²) >= 11 is 0. The third-order valence-electron chi connectivity index (χ3n) is 5.71. The highest BCUT2D eigenvalue weighted by Crippen LogP contribution is 2.37. The van der Waals surface area contributed by atoms with E-state index in [4.69, 9.17) is 4.52 Å². The summed E-state index contributed by atoms with van der Waals surface area (Å²) in [5.74, 6) is -7.19. The van der Waals surface area contributed by atoms with Crippen molar-refractivity contribution in [1.82, 2.24) is 15.1 Å². The Kier molecular flexibility index (Phi) is 7.16. The number of anilines is 2. The highest BCUT2D eigenvalue weighted by atomic mass is 19.4. The van der Waals surface area contributed by atoms with E-state index in [0.717, 1.165) is 27.8 Å². The number of benzene rings is 2. The zero-order chi connectivity index (χ0) is 27.7. The summed E-state index contributed by atoms with van der Waals surface area (Å²) in [4.78, 5) is 20.0. The Morgan fingerprint density at radius 3 is 2.29 bits per heavy atom. The van der Waals surface area contributed by atoms with Gasteiger partial charge in [0.15, 0.2) is 0 Å². The van der Waals surface area contributed by atoms with E-state index in [0.29, 0.717) is 11.7 Å². The van der Waals surface area contributed by atoms with Crippen LogP contribution in [0.25, 0.3) is 22.5 Å². The largest absolute Gasteiger partial charge is 0.463 e. The van der Waals surface area contributed by atoms with Crippen molar-refractivity contribution in [3.8, 4) is 22.5 Å². The number of nitrogens with zero attached hydrogens (tertiary/aromatic N) is 3. The SMILES string of the molecule is Cc1ccc(-c2noc(C)n2)c(-c2ccc(CNc3nccc(C)c3NC(=O)C(F)(F)C(F)(F)F)cc2)c1. The fraction of sp³-hybridized carbons (Fsp3) is 0.231. The van der Waals surface area contributed by atoms with Gasteiger partial charge >= 0.3 is 18.0 Å². The van der Waals surface area contributed by atoms with Crippen molar-refractivity contribution in [1.29, 1.82) is 0 Å². The number of pyridine rings is 1. The molecule has 0 aliphatic rings. The normalized spacial score (nSPS) is 11.9. The van der Waals surface area contributed by atoms with Crippen LogP contribution in [0, 0.1) is 20.8 Å². The number of halogens is 5. The first-order chi connectivity index (χ1) is 17.9. The molecule has 0 atom stereocenters. The molecule has 0 fully saturated rings. The second-order valence-electron chi connectivity index (χ2n) is 8.61. The van der Waals surface area contributed by atoms with Gasteiger partial charge in [0.1, 0.15) is 5.82 Å². The fourth-order valence-electron chi connectivity index (χ4n) is 3.66. The van der Waals surface area contributed by atoms with Crippen LogP contribution in [0.3, 0.4) is 0 Å². The Morgan fingerprint density at radius 1 is 0.947 bits per heavy atom. The van der Waals surface area contributed by atoms with Crippen molar-refractivity contribution in [2.75, 3.05) is 10.6 Å². The molecule has 0 saturated carbocycles. The second-order valence-corrected chi connectivity index (χ2v) is 8.61. The highest BCUT2D eigenvalue weighted by molar-refractivity contribution is 5.99. The third-order valence-corrected chi connectivity index (χ3v) is 5.71. The third kappa shape index (κ3) is 5.48. The standard InChI is InChI=1S/C26H22F5N5O2/c1-14-4-9-19(22-34-16(3)38-36-22)20(12-14)18-7-5-17(6-8-18)13-33-23-21(15(2)10-11-32-23)35-24(37)25(27,28)26(29,30)31/h4-12H,13H2,1-3H3,(H,32,33)(H,35,37). The van der Waals surface area contributed by atoms with Crippen molar-refractivity contribution in [3.63, 3.8) is 0 Å². The number of alkyl halides is 5. The number of aryl methyl sites for hydroxylation is 3. The number of aromatic nitrogens is 3. The van der Waals surface area contributed by atoms with E-state index < -0.39 is 18.0 Å². The first kappa shape index (κ1) is 26.7. The first-order valence-corrected chi connectivity index (χ1v) is 11.3. The topological polar surface area (TPSA) is 92.9 Å². The average molecular weight is 531 g/mol. The number of hydrogen-bond donors (Lipinski definition) is 2. The van der Waals surface area contributed by atoms with Gasteiger partial charge in [-0.05, 0) is 42.2 Å². The van der Waals surface area contributed by atoms with Crippen molar-refractivity contribution in [2.24, 2.45) is 0 Å². The average Bonchev–Trinajstić information content (AvgIpc) is 3.29. The summed E-state index contributed by atoms with van der Waals surface area (Å²) in [5, 5.41) is 8.56. The molecule has 0 saturated heterocycles. The molecule has 0 unspecified atom stereocenters. The van der Waals surface area contributed by atoms with Gasteiger partial charge in [0.25, 0.3) is 0 Å². The van der Waals surface area contributed by atoms with Gasteiger partial charge in [0.2, 0.25) is 11.7 Å². The zero-order valence-electron chi connectivity index (χ0n) is 20.5. The van der Waals surface area contributed by atoms with E-state index in [1.807, 2.05) is 49.4 Å². The van der Waals surface area contributed by atoms with E-state index in [1.165, 1.54) is 19.2 Å². The molecule has 198 valence electrons. The van der Waals surface area contributed by atoms with E-state index in [1.54, 1.807) is 12.2 Å². The molecule has 0 aliphatic heterocycles. The zero-order valence-corrected chi connectivity index (χ0v) is 20.5. The predicted octanol–water partition coefficient (Wildman–Crippen LogP) is 6.47. The summed E-state index contributed by atoms with van der Waals surface area (Å²) in [7, 11) is 0. The molecule has 4 aromatic rings. The van der Waals surface area contributed by atoms with Gasteiger partial charge in [0, 0.05) is 25.2 Å². The van der Waals surface area contributed by atoms with E-state index in [-0.39, 0.29) is 23.6 Å². The molecule has 2 heterocycles. The minimum absolute atomic E-state index is 0.0474. The van der Waals surface area contributed by atoms with Crippen LogP contribution in [0.1, 0.15) is 22.6 Å². The molecule has 0 radical (unpaired) electrons. The lowest BCUT2D eigenvalue weighted by Gasteiger charge is -2.20. The predicted molar refractivity (Wildman–Crippen MR) is 131 cm³/mol. The summed E-state index contributed by atoms with van der Waals surface area (Å²) in [6.07, 6.45) is -4.68. The van der Waals surface area contributed by atoms with Crippen LogP contribution in [0.15, 0.2) is 59.3 Å². The number of amides is 1. The van der Waals surface area contributed by atoms with Gasteiger partial charge in [-0.1, -0.05) is 53.2 Å². The van der Waals surface area contributed by atoms with Crippen LogP contribution in [0.4, 0.5) is 33.5 Å². The van der Waals surface area contributed by atoms with Crippen molar-refractivity contribution in [3.05, 3.63) is 77.3 Å². The molecule has 12 heteroatoms. The van der Waals surface area contributed by atoms with Crippen LogP contribution >= 0.6 is 0 Å². The quantitative estimate of drug-likeness (QED) is 0.266. The maximum atomic E-state index is 13.5. The summed E-state index contributed by atoms with van der Waals surface area (Å²) in [6.45, 7) is 5.27. The highest BCUT2D eigenvalue weighted by Gasteiger charge is 2.63. The molecule has 38 heavy (non-hydrogen) atoms. The molecule has 2 aromatic heterocycles. The molecular weight excluding hydrogens is 509 g/mol. The van der Waals surface area contributed by atoms with Crippen molar-refractivity contribution in [2.45, 2.75) is 39.4 Å². The number of nitrogens with one attached hydrogen (secondary N) is 2. The monoisotopic (exact) mass is 531 g/mol. The van der Waals surface area contributed by atoms with Crippen LogP contribution < -0.4 is 10.6 Å². The minimum Gasteiger partial charge on any atom is -0.364 e. The number of hydrogen-bond acceptors (Lipinski definition) is 6. The van der Waals surface area contributed by atoms with Crippen LogP contribution in [0.2, 0.25) is 0 Å². The lowest BCUT2D eigenvalue weighted by atomic mass is 9.96. The van der Waals surface area contributed by atoms with E-state index >= 15 is 0 Å². The van der Waals surface area contributed by atoms with Gasteiger partial charge in [-0.3, -0.25) is 4.79 Å². The molecule has 7 nitrogen and oxygen atoms in total. The number of rotatable bonds is 7. The van der Waals surface area contributed by atoms with E-state index in [9.17, 15) is 26.7 Å². The lowest BCUT2D eigenvalue weighted by molar-refractivity contribution is -0.267. The maximum Gasteiger partial charge on any atom is 0.463 e. The van der Waals surface area contributed by atoms with Gasteiger partial charge in [-0.25, -0.2) is 4.98 Å². The van der Waals surface area contributed by atoms with Crippen LogP contribution in [-0.4, -0.2) is 33.1 Å². The van der Waals surface area contributed by atoms with Crippen LogP contribution in [0.5, 0.6) is 0 Å². The smallest absolute Gasteiger partial charge is 0.364 e. The first-order valence-electron chi connectivity index (χ1n) is 11.3. The van der Waals surface area contributed by atoms with Gasteiger partial charge in [-0.15, -0.1) is 0 Å². The minimum atomic E-state index is -6.03. The Hall–Kier alpha value is -4.35. The summed E-state index contributed by atoms with van der Waals surface area (Å²) < 4.78 is 69.9. The molecule has 0 aliphatic carbocycles. The molecular formula is C26H22F5N5O2. The number of carbonyl (C=O) groups excluding carboxylic acids is 1. The maximum absolute atomic E-state index is 13.5. The van der Waals surface area contributed by atoms with E-state index in [2.05, 4.69) is 20.4 Å². The molecule has 2 aromatic carbocycles. The second kappa shape index (κ2) is 10.2. The Balaban J connectivity index is 1.53. The Bertz CT molecular complexity index is 1470.